The summed E-state index contributed by atoms with van der Waals surface area (Å²) in [6.45, 7) is 4.23. The minimum absolute atomic E-state index is 0. The second-order valence-corrected chi connectivity index (χ2v) is 6.23. The van der Waals surface area contributed by atoms with Crippen molar-refractivity contribution in [2.45, 2.75) is 13.3 Å². The molecule has 2 rings (SSSR count). The predicted octanol–water partition coefficient (Wildman–Crippen LogP) is 3.20. The van der Waals surface area contributed by atoms with Gasteiger partial charge in [-0.15, -0.1) is 35.3 Å². The number of nitrogens with one attached hydrogen (secondary N) is 1. The van der Waals surface area contributed by atoms with Crippen LogP contribution in [0.5, 0.6) is 5.75 Å². The fraction of sp³-hybridized carbons (Fsp3) is 0.412. The number of guanidine groups is 1. The van der Waals surface area contributed by atoms with Gasteiger partial charge in [0.15, 0.2) is 5.96 Å². The Morgan fingerprint density at radius 1 is 1.33 bits per heavy atom. The second kappa shape index (κ2) is 11.2. The molecule has 24 heavy (non-hydrogen) atoms. The molecule has 0 aliphatic carbocycles. The number of aliphatic imine (C=N–C) groups is 1. The summed E-state index contributed by atoms with van der Waals surface area (Å²) < 4.78 is 5.71. The Kier molecular flexibility index (Phi) is 9.70. The van der Waals surface area contributed by atoms with Crippen molar-refractivity contribution in [3.63, 3.8) is 0 Å². The van der Waals surface area contributed by atoms with Crippen LogP contribution in [0.25, 0.3) is 0 Å². The normalized spacial score (nSPS) is 10.9. The Hall–Kier alpha value is -1.35. The van der Waals surface area contributed by atoms with Gasteiger partial charge in [-0.25, -0.2) is 4.98 Å². The summed E-state index contributed by atoms with van der Waals surface area (Å²) in [6, 6.07) is 9.85. The van der Waals surface area contributed by atoms with Crippen molar-refractivity contribution >= 4 is 41.3 Å². The summed E-state index contributed by atoms with van der Waals surface area (Å²) >= 11 is 1.69. The van der Waals surface area contributed by atoms with Gasteiger partial charge in [-0.2, -0.15) is 0 Å². The molecule has 1 aromatic carbocycles. The van der Waals surface area contributed by atoms with E-state index in [-0.39, 0.29) is 24.0 Å². The van der Waals surface area contributed by atoms with Crippen molar-refractivity contribution in [1.82, 2.24) is 15.2 Å². The van der Waals surface area contributed by atoms with E-state index < -0.39 is 0 Å². The lowest BCUT2D eigenvalue weighted by Gasteiger charge is -2.22. The molecule has 0 unspecified atom stereocenters. The van der Waals surface area contributed by atoms with E-state index in [2.05, 4.69) is 25.6 Å². The predicted molar refractivity (Wildman–Crippen MR) is 112 cm³/mol. The van der Waals surface area contributed by atoms with Crippen molar-refractivity contribution in [3.8, 4) is 5.75 Å². The van der Waals surface area contributed by atoms with Crippen LogP contribution in [0, 0.1) is 6.92 Å². The molecule has 0 fully saturated rings. The summed E-state index contributed by atoms with van der Waals surface area (Å²) in [5.74, 6) is 1.76. The number of aryl methyl sites for hydroxylation is 1. The van der Waals surface area contributed by atoms with Crippen LogP contribution >= 0.6 is 35.3 Å². The average Bonchev–Trinajstić information content (AvgIpc) is 2.98. The number of halogens is 1. The van der Waals surface area contributed by atoms with E-state index in [0.29, 0.717) is 6.61 Å². The van der Waals surface area contributed by atoms with Gasteiger partial charge in [0.1, 0.15) is 12.4 Å². The van der Waals surface area contributed by atoms with Crippen LogP contribution in [-0.2, 0) is 6.42 Å². The molecule has 0 atom stereocenters. The molecule has 0 saturated carbocycles. The van der Waals surface area contributed by atoms with E-state index >= 15 is 0 Å². The molecule has 7 heteroatoms. The molecule has 2 aromatic rings. The Morgan fingerprint density at radius 2 is 2.08 bits per heavy atom. The lowest BCUT2D eigenvalue weighted by atomic mass is 10.3. The zero-order valence-electron chi connectivity index (χ0n) is 14.4. The van der Waals surface area contributed by atoms with Gasteiger partial charge < -0.3 is 15.0 Å². The monoisotopic (exact) mass is 460 g/mol. The number of hydrogen-bond donors (Lipinski definition) is 1. The summed E-state index contributed by atoms with van der Waals surface area (Å²) in [4.78, 5) is 10.8. The Balaban J connectivity index is 0.00000288. The third-order valence-corrected chi connectivity index (χ3v) is 4.17. The first-order chi connectivity index (χ1) is 11.2. The highest BCUT2D eigenvalue weighted by atomic mass is 127. The first-order valence-electron chi connectivity index (χ1n) is 7.69. The number of para-hydroxylation sites is 1. The number of ether oxygens (including phenoxy) is 1. The highest BCUT2D eigenvalue weighted by Gasteiger charge is 2.06. The van der Waals surface area contributed by atoms with Gasteiger partial charge in [-0.05, 0) is 19.1 Å². The molecule has 0 amide bonds. The second-order valence-electron chi connectivity index (χ2n) is 5.16. The Labute approximate surface area is 165 Å². The van der Waals surface area contributed by atoms with Crippen LogP contribution in [0.2, 0.25) is 0 Å². The molecule has 0 radical (unpaired) electrons. The number of hydrogen-bond acceptors (Lipinski definition) is 4. The Morgan fingerprint density at radius 3 is 2.71 bits per heavy atom. The van der Waals surface area contributed by atoms with Crippen LogP contribution in [0.4, 0.5) is 0 Å². The van der Waals surface area contributed by atoms with Crippen molar-refractivity contribution in [1.29, 1.82) is 0 Å². The maximum absolute atomic E-state index is 5.71. The van der Waals surface area contributed by atoms with Crippen LogP contribution in [0.1, 0.15) is 10.7 Å². The zero-order chi connectivity index (χ0) is 16.5. The molecule has 0 aliphatic rings. The molecular formula is C17H25IN4OS. The van der Waals surface area contributed by atoms with E-state index in [1.165, 1.54) is 0 Å². The number of nitrogens with zero attached hydrogens (tertiary/aromatic N) is 3. The lowest BCUT2D eigenvalue weighted by Crippen LogP contribution is -2.41. The molecule has 0 bridgehead atoms. The fourth-order valence-electron chi connectivity index (χ4n) is 2.13. The highest BCUT2D eigenvalue weighted by molar-refractivity contribution is 14.0. The van der Waals surface area contributed by atoms with Crippen LogP contribution in [0.3, 0.4) is 0 Å². The molecule has 1 aromatic heterocycles. The SMILES string of the molecule is CN=C(NCCc1csc(C)n1)N(C)CCOc1ccccc1.I. The highest BCUT2D eigenvalue weighted by Crippen LogP contribution is 2.08. The summed E-state index contributed by atoms with van der Waals surface area (Å²) in [5.41, 5.74) is 1.13. The minimum atomic E-state index is 0. The van der Waals surface area contributed by atoms with Crippen LogP contribution < -0.4 is 10.1 Å². The van der Waals surface area contributed by atoms with Crippen LogP contribution in [-0.4, -0.2) is 49.6 Å². The van der Waals surface area contributed by atoms with Crippen molar-refractivity contribution in [2.75, 3.05) is 33.8 Å². The van der Waals surface area contributed by atoms with Gasteiger partial charge in [0.25, 0.3) is 0 Å². The molecule has 0 aliphatic heterocycles. The van der Waals surface area contributed by atoms with Gasteiger partial charge in [0.2, 0.25) is 0 Å². The van der Waals surface area contributed by atoms with Crippen molar-refractivity contribution < 1.29 is 4.74 Å². The zero-order valence-corrected chi connectivity index (χ0v) is 17.5. The number of benzene rings is 1. The van der Waals surface area contributed by atoms with Gasteiger partial charge >= 0.3 is 0 Å². The molecule has 1 heterocycles. The van der Waals surface area contributed by atoms with Gasteiger partial charge in [0, 0.05) is 32.4 Å². The maximum Gasteiger partial charge on any atom is 0.193 e. The topological polar surface area (TPSA) is 49.8 Å². The summed E-state index contributed by atoms with van der Waals surface area (Å²) in [7, 11) is 3.81. The summed E-state index contributed by atoms with van der Waals surface area (Å²) in [5, 5.41) is 6.58. The largest absolute Gasteiger partial charge is 0.492 e. The lowest BCUT2D eigenvalue weighted by molar-refractivity contribution is 0.281. The van der Waals surface area contributed by atoms with E-state index in [0.717, 1.165) is 41.9 Å². The number of aromatic nitrogens is 1. The minimum Gasteiger partial charge on any atom is -0.492 e. The third-order valence-electron chi connectivity index (χ3n) is 3.34. The smallest absolute Gasteiger partial charge is 0.193 e. The average molecular weight is 460 g/mol. The van der Waals surface area contributed by atoms with Crippen molar-refractivity contribution in [3.05, 3.63) is 46.4 Å². The van der Waals surface area contributed by atoms with E-state index in [9.17, 15) is 0 Å². The number of thiazole rings is 1. The fourth-order valence-corrected chi connectivity index (χ4v) is 2.78. The first kappa shape index (κ1) is 20.7. The molecule has 1 N–H and O–H groups in total. The molecule has 5 nitrogen and oxygen atoms in total. The maximum atomic E-state index is 5.71. The Bertz CT molecular complexity index is 618. The molecular weight excluding hydrogens is 435 g/mol. The number of rotatable bonds is 7. The van der Waals surface area contributed by atoms with Gasteiger partial charge in [0.05, 0.1) is 17.2 Å². The van der Waals surface area contributed by atoms with E-state index in [1.807, 2.05) is 44.3 Å². The van der Waals surface area contributed by atoms with E-state index in [4.69, 9.17) is 4.74 Å². The molecule has 132 valence electrons. The van der Waals surface area contributed by atoms with E-state index in [1.54, 1.807) is 18.4 Å². The third kappa shape index (κ3) is 7.04. The first-order valence-corrected chi connectivity index (χ1v) is 8.57. The quantitative estimate of drug-likeness (QED) is 0.392. The standard InChI is InChI=1S/C17H24N4OS.HI/c1-14-20-15(13-23-14)9-10-19-17(18-2)21(3)11-12-22-16-7-5-4-6-8-16;/h4-8,13H,9-12H2,1-3H3,(H,18,19);1H. The summed E-state index contributed by atoms with van der Waals surface area (Å²) in [6.07, 6.45) is 0.901. The molecule has 0 saturated heterocycles. The molecule has 0 spiro atoms. The van der Waals surface area contributed by atoms with Gasteiger partial charge in [-0.1, -0.05) is 18.2 Å². The number of likely N-dealkylation sites (N-methyl/N-ethyl adjacent to an activating group) is 1. The van der Waals surface area contributed by atoms with Gasteiger partial charge in [-0.3, -0.25) is 4.99 Å². The van der Waals surface area contributed by atoms with Crippen LogP contribution in [0.15, 0.2) is 40.7 Å². The van der Waals surface area contributed by atoms with Crippen molar-refractivity contribution in [2.24, 2.45) is 4.99 Å².